The Morgan fingerprint density at radius 1 is 1.10 bits per heavy atom. The number of pyridine rings is 1. The van der Waals surface area contributed by atoms with E-state index in [9.17, 15) is 4.79 Å². The van der Waals surface area contributed by atoms with E-state index in [0.29, 0.717) is 5.56 Å². The highest BCUT2D eigenvalue weighted by molar-refractivity contribution is 5.90. The van der Waals surface area contributed by atoms with Crippen molar-refractivity contribution in [2.45, 2.75) is 26.4 Å². The lowest BCUT2D eigenvalue weighted by Crippen LogP contribution is -2.23. The number of nitrogens with zero attached hydrogens (tertiary/aromatic N) is 1. The smallest absolute Gasteiger partial charge is 0.338 e. The van der Waals surface area contributed by atoms with Crippen LogP contribution in [0, 0.1) is 0 Å². The normalized spacial score (nSPS) is 10.9. The fourth-order valence-electron chi connectivity index (χ4n) is 1.63. The second kappa shape index (κ2) is 5.74. The fourth-order valence-corrected chi connectivity index (χ4v) is 1.63. The summed E-state index contributed by atoms with van der Waals surface area (Å²) in [6, 6.07) is 10.9. The molecule has 0 saturated heterocycles. The average molecular weight is 270 g/mol. The van der Waals surface area contributed by atoms with E-state index in [0.717, 1.165) is 11.4 Å². The molecule has 1 N–H and O–H groups in total. The first-order chi connectivity index (χ1) is 9.44. The first-order valence-electron chi connectivity index (χ1n) is 6.44. The Hall–Kier alpha value is -2.36. The Labute approximate surface area is 118 Å². The zero-order valence-corrected chi connectivity index (χ0v) is 11.9. The molecule has 0 aliphatic rings. The molecule has 0 fully saturated rings. The Morgan fingerprint density at radius 3 is 2.35 bits per heavy atom. The van der Waals surface area contributed by atoms with Gasteiger partial charge in [0.25, 0.3) is 0 Å². The molecule has 0 aliphatic carbocycles. The first kappa shape index (κ1) is 14.1. The number of nitrogens with one attached hydrogen (secondary N) is 1. The molecule has 104 valence electrons. The number of aromatic nitrogens is 1. The van der Waals surface area contributed by atoms with E-state index in [1.54, 1.807) is 24.5 Å². The monoisotopic (exact) mass is 270 g/mol. The van der Waals surface area contributed by atoms with Gasteiger partial charge in [-0.1, -0.05) is 0 Å². The van der Waals surface area contributed by atoms with Crippen LogP contribution in [0.2, 0.25) is 0 Å². The van der Waals surface area contributed by atoms with E-state index in [4.69, 9.17) is 4.74 Å². The highest BCUT2D eigenvalue weighted by Gasteiger charge is 2.17. The third-order valence-electron chi connectivity index (χ3n) is 2.47. The molecule has 0 bridgehead atoms. The maximum atomic E-state index is 11.9. The van der Waals surface area contributed by atoms with Gasteiger partial charge >= 0.3 is 5.97 Å². The van der Waals surface area contributed by atoms with E-state index in [-0.39, 0.29) is 5.97 Å². The molecule has 2 rings (SSSR count). The van der Waals surface area contributed by atoms with Crippen molar-refractivity contribution in [3.63, 3.8) is 0 Å². The van der Waals surface area contributed by atoms with Gasteiger partial charge in [0.05, 0.1) is 17.4 Å². The number of ether oxygens (including phenoxy) is 1. The fraction of sp³-hybridized carbons (Fsp3) is 0.250. The summed E-state index contributed by atoms with van der Waals surface area (Å²) in [5.41, 5.74) is 1.85. The molecule has 0 saturated carbocycles. The van der Waals surface area contributed by atoms with Gasteiger partial charge in [-0.2, -0.15) is 0 Å². The van der Waals surface area contributed by atoms with E-state index >= 15 is 0 Å². The molecule has 4 heteroatoms. The topological polar surface area (TPSA) is 51.2 Å². The van der Waals surface area contributed by atoms with Crippen molar-refractivity contribution in [1.82, 2.24) is 4.98 Å². The van der Waals surface area contributed by atoms with Crippen LogP contribution in [0.15, 0.2) is 48.8 Å². The van der Waals surface area contributed by atoms with E-state index in [1.165, 1.54) is 0 Å². The van der Waals surface area contributed by atoms with Crippen LogP contribution in [0.4, 0.5) is 11.4 Å². The van der Waals surface area contributed by atoms with Gasteiger partial charge in [0.2, 0.25) is 0 Å². The van der Waals surface area contributed by atoms with Crippen molar-refractivity contribution in [3.05, 3.63) is 54.4 Å². The third kappa shape index (κ3) is 4.09. The quantitative estimate of drug-likeness (QED) is 0.862. The molecular formula is C16H18N2O2. The molecule has 0 spiro atoms. The summed E-state index contributed by atoms with van der Waals surface area (Å²) >= 11 is 0. The largest absolute Gasteiger partial charge is 0.456 e. The van der Waals surface area contributed by atoms with Gasteiger partial charge in [0.15, 0.2) is 0 Å². The third-order valence-corrected chi connectivity index (χ3v) is 2.47. The molecular weight excluding hydrogens is 252 g/mol. The number of esters is 1. The lowest BCUT2D eigenvalue weighted by molar-refractivity contribution is 0.00696. The predicted molar refractivity (Wildman–Crippen MR) is 79.1 cm³/mol. The van der Waals surface area contributed by atoms with Crippen molar-refractivity contribution in [3.8, 4) is 0 Å². The number of benzene rings is 1. The summed E-state index contributed by atoms with van der Waals surface area (Å²) < 4.78 is 5.31. The lowest BCUT2D eigenvalue weighted by Gasteiger charge is -2.19. The van der Waals surface area contributed by atoms with Gasteiger partial charge in [-0.3, -0.25) is 4.98 Å². The molecule has 0 aliphatic heterocycles. The van der Waals surface area contributed by atoms with Crippen molar-refractivity contribution in [2.24, 2.45) is 0 Å². The number of anilines is 2. The Bertz CT molecular complexity index is 572. The highest BCUT2D eigenvalue weighted by atomic mass is 16.6. The number of carbonyl (C=O) groups excluding carboxylic acids is 1. The summed E-state index contributed by atoms with van der Waals surface area (Å²) in [7, 11) is 0. The maximum Gasteiger partial charge on any atom is 0.338 e. The van der Waals surface area contributed by atoms with E-state index in [2.05, 4.69) is 10.3 Å². The van der Waals surface area contributed by atoms with Crippen LogP contribution in [0.3, 0.4) is 0 Å². The molecule has 0 radical (unpaired) electrons. The minimum Gasteiger partial charge on any atom is -0.456 e. The van der Waals surface area contributed by atoms with E-state index < -0.39 is 5.60 Å². The van der Waals surface area contributed by atoms with Gasteiger partial charge in [-0.05, 0) is 57.2 Å². The molecule has 1 aromatic heterocycles. The number of rotatable bonds is 3. The van der Waals surface area contributed by atoms with Crippen LogP contribution in [-0.2, 0) is 4.74 Å². The van der Waals surface area contributed by atoms with Crippen LogP contribution in [0.5, 0.6) is 0 Å². The molecule has 0 unspecified atom stereocenters. The van der Waals surface area contributed by atoms with Crippen molar-refractivity contribution >= 4 is 17.3 Å². The van der Waals surface area contributed by atoms with Gasteiger partial charge in [0.1, 0.15) is 5.60 Å². The average Bonchev–Trinajstić information content (AvgIpc) is 2.39. The zero-order chi connectivity index (χ0) is 14.6. The minimum atomic E-state index is -0.482. The summed E-state index contributed by atoms with van der Waals surface area (Å²) in [5.74, 6) is -0.314. The number of hydrogen-bond donors (Lipinski definition) is 1. The second-order valence-corrected chi connectivity index (χ2v) is 5.45. The molecule has 2 aromatic rings. The Morgan fingerprint density at radius 2 is 1.80 bits per heavy atom. The summed E-state index contributed by atoms with van der Waals surface area (Å²) in [6.45, 7) is 5.55. The predicted octanol–water partition coefficient (Wildman–Crippen LogP) is 3.78. The van der Waals surface area contributed by atoms with Gasteiger partial charge in [-0.25, -0.2) is 4.79 Å². The molecule has 1 aromatic carbocycles. The SMILES string of the molecule is CC(C)(C)OC(=O)c1ccc(Nc2cccnc2)cc1. The zero-order valence-electron chi connectivity index (χ0n) is 11.9. The van der Waals surface area contributed by atoms with E-state index in [1.807, 2.05) is 45.0 Å². The maximum absolute atomic E-state index is 11.9. The molecule has 20 heavy (non-hydrogen) atoms. The van der Waals surface area contributed by atoms with Crippen LogP contribution >= 0.6 is 0 Å². The Kier molecular flexibility index (Phi) is 4.03. The first-order valence-corrected chi connectivity index (χ1v) is 6.44. The van der Waals surface area contributed by atoms with Gasteiger partial charge in [0, 0.05) is 11.9 Å². The standard InChI is InChI=1S/C16H18N2O2/c1-16(2,3)20-15(19)12-6-8-13(9-7-12)18-14-5-4-10-17-11-14/h4-11,18H,1-3H3. The molecule has 4 nitrogen and oxygen atoms in total. The molecule has 0 amide bonds. The van der Waals surface area contributed by atoms with Crippen molar-refractivity contribution < 1.29 is 9.53 Å². The summed E-state index contributed by atoms with van der Waals surface area (Å²) in [4.78, 5) is 15.9. The van der Waals surface area contributed by atoms with Crippen molar-refractivity contribution in [1.29, 1.82) is 0 Å². The van der Waals surface area contributed by atoms with Crippen LogP contribution < -0.4 is 5.32 Å². The van der Waals surface area contributed by atoms with Crippen LogP contribution in [-0.4, -0.2) is 16.6 Å². The number of carbonyl (C=O) groups is 1. The summed E-state index contributed by atoms with van der Waals surface area (Å²) in [6.07, 6.45) is 3.46. The molecule has 1 heterocycles. The van der Waals surface area contributed by atoms with Gasteiger partial charge < -0.3 is 10.1 Å². The lowest BCUT2D eigenvalue weighted by atomic mass is 10.1. The van der Waals surface area contributed by atoms with Crippen LogP contribution in [0.25, 0.3) is 0 Å². The minimum absolute atomic E-state index is 0.314. The number of hydrogen-bond acceptors (Lipinski definition) is 4. The van der Waals surface area contributed by atoms with Crippen LogP contribution in [0.1, 0.15) is 31.1 Å². The van der Waals surface area contributed by atoms with Gasteiger partial charge in [-0.15, -0.1) is 0 Å². The highest BCUT2D eigenvalue weighted by Crippen LogP contribution is 2.17. The van der Waals surface area contributed by atoms with Crippen molar-refractivity contribution in [2.75, 3.05) is 5.32 Å². The molecule has 0 atom stereocenters. The second-order valence-electron chi connectivity index (χ2n) is 5.45. The Balaban J connectivity index is 2.05. The summed E-state index contributed by atoms with van der Waals surface area (Å²) in [5, 5.41) is 3.20.